The number of aromatic nitrogens is 2. The second kappa shape index (κ2) is 8.26. The van der Waals surface area contributed by atoms with Gasteiger partial charge in [-0.3, -0.25) is 9.69 Å². The van der Waals surface area contributed by atoms with Crippen LogP contribution >= 0.6 is 0 Å². The van der Waals surface area contributed by atoms with Gasteiger partial charge in [0.15, 0.2) is 0 Å². The quantitative estimate of drug-likeness (QED) is 0.789. The number of piperidine rings is 1. The molecule has 0 aliphatic carbocycles. The van der Waals surface area contributed by atoms with Crippen molar-refractivity contribution < 1.29 is 4.79 Å². The first-order chi connectivity index (χ1) is 13.2. The molecular formula is C22H30N4O. The van der Waals surface area contributed by atoms with Crippen LogP contribution in [0.1, 0.15) is 37.6 Å². The summed E-state index contributed by atoms with van der Waals surface area (Å²) >= 11 is 0. The molecule has 4 heterocycles. The molecule has 3 aliphatic rings. The normalized spacial score (nSPS) is 22.8. The van der Waals surface area contributed by atoms with Gasteiger partial charge in [-0.15, -0.1) is 0 Å². The number of imidazole rings is 1. The topological polar surface area (TPSA) is 41.4 Å². The highest BCUT2D eigenvalue weighted by atomic mass is 16.2. The Morgan fingerprint density at radius 3 is 2.81 bits per heavy atom. The summed E-state index contributed by atoms with van der Waals surface area (Å²) in [6.07, 6.45) is 7.76. The van der Waals surface area contributed by atoms with Crippen LogP contribution in [0.25, 0.3) is 0 Å². The highest BCUT2D eigenvalue weighted by Gasteiger charge is 2.36. The molecule has 2 bridgehead atoms. The van der Waals surface area contributed by atoms with Crippen molar-refractivity contribution in [1.29, 1.82) is 0 Å². The third-order valence-electron chi connectivity index (χ3n) is 6.09. The largest absolute Gasteiger partial charge is 0.341 e. The molecule has 27 heavy (non-hydrogen) atoms. The lowest BCUT2D eigenvalue weighted by Gasteiger charge is -2.36. The van der Waals surface area contributed by atoms with Gasteiger partial charge in [-0.25, -0.2) is 4.98 Å². The van der Waals surface area contributed by atoms with Crippen LogP contribution in [0.15, 0.2) is 42.7 Å². The second-order valence-electron chi connectivity index (χ2n) is 7.95. The lowest BCUT2D eigenvalue weighted by molar-refractivity contribution is -0.131. The van der Waals surface area contributed by atoms with Gasteiger partial charge in [0.1, 0.15) is 5.82 Å². The Labute approximate surface area is 162 Å². The van der Waals surface area contributed by atoms with Crippen LogP contribution in [0.4, 0.5) is 0 Å². The van der Waals surface area contributed by atoms with Gasteiger partial charge in [-0.2, -0.15) is 0 Å². The molecule has 144 valence electrons. The summed E-state index contributed by atoms with van der Waals surface area (Å²) in [5.74, 6) is 1.97. The van der Waals surface area contributed by atoms with Crippen LogP contribution in [0.3, 0.4) is 0 Å². The Bertz CT molecular complexity index is 757. The van der Waals surface area contributed by atoms with Gasteiger partial charge >= 0.3 is 0 Å². The number of aryl methyl sites for hydroxylation is 2. The molecule has 5 heteroatoms. The Balaban J connectivity index is 1.37. The van der Waals surface area contributed by atoms with E-state index in [4.69, 9.17) is 0 Å². The summed E-state index contributed by atoms with van der Waals surface area (Å²) in [6, 6.07) is 11.2. The molecule has 5 rings (SSSR count). The minimum absolute atomic E-state index is 0.296. The van der Waals surface area contributed by atoms with Crippen molar-refractivity contribution in [3.05, 3.63) is 54.1 Å². The Hall–Kier alpha value is -2.14. The number of fused-ring (bicyclic) bond motifs is 4. The Morgan fingerprint density at radius 1 is 1.15 bits per heavy atom. The first-order valence-corrected chi connectivity index (χ1v) is 10.3. The molecule has 3 saturated heterocycles. The summed E-state index contributed by atoms with van der Waals surface area (Å²) in [5.41, 5.74) is 1.37. The summed E-state index contributed by atoms with van der Waals surface area (Å²) in [6.45, 7) is 6.76. The van der Waals surface area contributed by atoms with Gasteiger partial charge in [-0.1, -0.05) is 37.3 Å². The number of carbonyl (C=O) groups is 1. The third-order valence-corrected chi connectivity index (χ3v) is 6.09. The van der Waals surface area contributed by atoms with E-state index in [0.29, 0.717) is 24.3 Å². The average Bonchev–Trinajstić information content (AvgIpc) is 2.96. The molecule has 0 N–H and O–H groups in total. The van der Waals surface area contributed by atoms with Crippen LogP contribution in [-0.2, 0) is 24.3 Å². The van der Waals surface area contributed by atoms with Crippen LogP contribution < -0.4 is 0 Å². The van der Waals surface area contributed by atoms with E-state index in [1.165, 1.54) is 18.4 Å². The first-order valence-electron chi connectivity index (χ1n) is 10.3. The number of hydrogen-bond donors (Lipinski definition) is 0. The van der Waals surface area contributed by atoms with E-state index in [2.05, 4.69) is 56.6 Å². The highest BCUT2D eigenvalue weighted by molar-refractivity contribution is 5.76. The molecule has 0 radical (unpaired) electrons. The van der Waals surface area contributed by atoms with Gasteiger partial charge in [0, 0.05) is 64.0 Å². The molecule has 1 amide bonds. The number of nitrogens with zero attached hydrogens (tertiary/aromatic N) is 4. The van der Waals surface area contributed by atoms with E-state index in [-0.39, 0.29) is 0 Å². The van der Waals surface area contributed by atoms with E-state index in [1.807, 2.05) is 12.4 Å². The summed E-state index contributed by atoms with van der Waals surface area (Å²) in [4.78, 5) is 22.0. The van der Waals surface area contributed by atoms with Crippen molar-refractivity contribution in [2.75, 3.05) is 19.6 Å². The molecule has 0 unspecified atom stereocenters. The monoisotopic (exact) mass is 366 g/mol. The van der Waals surface area contributed by atoms with E-state index < -0.39 is 0 Å². The summed E-state index contributed by atoms with van der Waals surface area (Å²) in [5, 5.41) is 0. The molecule has 0 spiro atoms. The van der Waals surface area contributed by atoms with E-state index in [9.17, 15) is 4.79 Å². The van der Waals surface area contributed by atoms with Crippen LogP contribution in [0.5, 0.6) is 0 Å². The maximum Gasteiger partial charge on any atom is 0.224 e. The lowest BCUT2D eigenvalue weighted by atomic mass is 9.94. The Kier molecular flexibility index (Phi) is 5.58. The predicted molar refractivity (Wildman–Crippen MR) is 106 cm³/mol. The fraction of sp³-hybridized carbons (Fsp3) is 0.545. The van der Waals surface area contributed by atoms with Crippen LogP contribution in [0.2, 0.25) is 0 Å². The maximum atomic E-state index is 12.9. The van der Waals surface area contributed by atoms with Crippen molar-refractivity contribution in [2.24, 2.45) is 5.92 Å². The molecule has 2 atom stereocenters. The van der Waals surface area contributed by atoms with E-state index >= 15 is 0 Å². The number of amides is 1. The highest BCUT2D eigenvalue weighted by Crippen LogP contribution is 2.29. The van der Waals surface area contributed by atoms with Crippen molar-refractivity contribution in [3.8, 4) is 0 Å². The summed E-state index contributed by atoms with van der Waals surface area (Å²) in [7, 11) is 0. The molecule has 1 aromatic carbocycles. The zero-order chi connectivity index (χ0) is 18.6. The Morgan fingerprint density at radius 2 is 2.00 bits per heavy atom. The molecule has 2 aromatic rings. The second-order valence-corrected chi connectivity index (χ2v) is 7.95. The number of rotatable bonds is 6. The van der Waals surface area contributed by atoms with E-state index in [1.54, 1.807) is 0 Å². The minimum Gasteiger partial charge on any atom is -0.341 e. The number of carbonyl (C=O) groups excluding carboxylic acids is 1. The van der Waals surface area contributed by atoms with Gasteiger partial charge in [0.2, 0.25) is 5.91 Å². The van der Waals surface area contributed by atoms with Crippen molar-refractivity contribution in [2.45, 2.75) is 51.7 Å². The van der Waals surface area contributed by atoms with Gasteiger partial charge in [0.25, 0.3) is 0 Å². The first kappa shape index (κ1) is 18.2. The molecule has 3 aliphatic heterocycles. The zero-order valence-corrected chi connectivity index (χ0v) is 16.3. The molecule has 5 nitrogen and oxygen atoms in total. The van der Waals surface area contributed by atoms with Gasteiger partial charge in [0.05, 0.1) is 0 Å². The minimum atomic E-state index is 0.296. The van der Waals surface area contributed by atoms with Gasteiger partial charge < -0.3 is 9.47 Å². The zero-order valence-electron chi connectivity index (χ0n) is 16.3. The van der Waals surface area contributed by atoms with Crippen LogP contribution in [-0.4, -0.2) is 50.9 Å². The molecule has 3 fully saturated rings. The van der Waals surface area contributed by atoms with Crippen molar-refractivity contribution >= 4 is 5.91 Å². The van der Waals surface area contributed by atoms with Crippen LogP contribution in [0, 0.1) is 5.92 Å². The lowest BCUT2D eigenvalue weighted by Crippen LogP contribution is -2.44. The standard InChI is InChI=1S/C22H30N4O/c1-2-21-23-11-13-24(21)12-10-22(27)26-16-19-8-9-20(17-26)25(15-19)14-18-6-4-3-5-7-18/h3-7,11,13,19-20H,2,8-10,12,14-17H2,1H3/t19-,20-/m0/s1. The molecule has 0 saturated carbocycles. The average molecular weight is 367 g/mol. The fourth-order valence-electron chi connectivity index (χ4n) is 4.63. The molecule has 1 aromatic heterocycles. The van der Waals surface area contributed by atoms with Crippen molar-refractivity contribution in [1.82, 2.24) is 19.4 Å². The van der Waals surface area contributed by atoms with E-state index in [0.717, 1.165) is 45.0 Å². The fourth-order valence-corrected chi connectivity index (χ4v) is 4.63. The third kappa shape index (κ3) is 4.24. The summed E-state index contributed by atoms with van der Waals surface area (Å²) < 4.78 is 2.12. The SMILES string of the molecule is CCc1nccn1CCC(=O)N1C[C@H]2CC[C@@H](C1)N(Cc1ccccc1)C2. The predicted octanol–water partition coefficient (Wildman–Crippen LogP) is 2.96. The number of benzene rings is 1. The number of hydrogen-bond acceptors (Lipinski definition) is 3. The maximum absolute atomic E-state index is 12.9. The molecular weight excluding hydrogens is 336 g/mol. The smallest absolute Gasteiger partial charge is 0.224 e. The van der Waals surface area contributed by atoms with Gasteiger partial charge in [-0.05, 0) is 24.3 Å². The van der Waals surface area contributed by atoms with Crippen molar-refractivity contribution in [3.63, 3.8) is 0 Å².